The van der Waals surface area contributed by atoms with Gasteiger partial charge in [0.2, 0.25) is 5.89 Å². The number of carboxylic acid groups (broad SMARTS) is 1. The molecule has 6 nitrogen and oxygen atoms in total. The Bertz CT molecular complexity index is 914. The van der Waals surface area contributed by atoms with Gasteiger partial charge >= 0.3 is 5.97 Å². The van der Waals surface area contributed by atoms with E-state index in [1.807, 2.05) is 43.6 Å². The number of carboxylic acids is 1. The van der Waals surface area contributed by atoms with Gasteiger partial charge in [0.05, 0.1) is 18.3 Å². The number of aromatic nitrogens is 3. The summed E-state index contributed by atoms with van der Waals surface area (Å²) in [7, 11) is 1.86. The Morgan fingerprint density at radius 3 is 2.92 bits per heavy atom. The van der Waals surface area contributed by atoms with Crippen LogP contribution < -0.4 is 0 Å². The minimum atomic E-state index is -0.918. The van der Waals surface area contributed by atoms with Crippen molar-refractivity contribution < 1.29 is 14.3 Å². The molecule has 1 fully saturated rings. The Balaban J connectivity index is 1.82. The van der Waals surface area contributed by atoms with Crippen LogP contribution in [0, 0.1) is 0 Å². The van der Waals surface area contributed by atoms with Crippen molar-refractivity contribution in [1.82, 2.24) is 14.8 Å². The first-order chi connectivity index (χ1) is 11.6. The van der Waals surface area contributed by atoms with Crippen LogP contribution in [0.1, 0.15) is 42.3 Å². The second-order valence-corrected chi connectivity index (χ2v) is 6.11. The number of nitrogens with zero attached hydrogens (tertiary/aromatic N) is 3. The highest BCUT2D eigenvalue weighted by Crippen LogP contribution is 2.42. The average molecular weight is 323 g/mol. The number of rotatable bonds is 5. The molecule has 1 aliphatic rings. The number of hydrogen-bond acceptors (Lipinski definition) is 4. The van der Waals surface area contributed by atoms with E-state index in [1.54, 1.807) is 4.68 Å². The molecular formula is C18H17N3O3. The number of aliphatic carboxylic acids is 1. The van der Waals surface area contributed by atoms with Gasteiger partial charge in [0.1, 0.15) is 5.52 Å². The van der Waals surface area contributed by atoms with Gasteiger partial charge in [0, 0.05) is 18.2 Å². The maximum absolute atomic E-state index is 11.3. The predicted molar refractivity (Wildman–Crippen MR) is 89.3 cm³/mol. The lowest BCUT2D eigenvalue weighted by molar-refractivity contribution is -0.135. The van der Waals surface area contributed by atoms with Gasteiger partial charge in [0.25, 0.3) is 0 Å². The van der Waals surface area contributed by atoms with Crippen molar-refractivity contribution in [3.63, 3.8) is 0 Å². The Labute approximate surface area is 138 Å². The molecule has 1 aromatic carbocycles. The van der Waals surface area contributed by atoms with Gasteiger partial charge in [-0.1, -0.05) is 12.1 Å². The van der Waals surface area contributed by atoms with E-state index in [0.717, 1.165) is 29.6 Å². The van der Waals surface area contributed by atoms with Crippen molar-refractivity contribution in [1.29, 1.82) is 0 Å². The fourth-order valence-electron chi connectivity index (χ4n) is 2.88. The van der Waals surface area contributed by atoms with Crippen molar-refractivity contribution in [2.45, 2.75) is 25.2 Å². The van der Waals surface area contributed by atoms with Crippen LogP contribution >= 0.6 is 0 Å². The molecule has 2 aromatic heterocycles. The first-order valence-corrected chi connectivity index (χ1v) is 7.92. The third kappa shape index (κ3) is 2.71. The fourth-order valence-corrected chi connectivity index (χ4v) is 2.88. The summed E-state index contributed by atoms with van der Waals surface area (Å²) in [6.07, 6.45) is 5.88. The molecule has 1 saturated carbocycles. The van der Waals surface area contributed by atoms with Crippen molar-refractivity contribution in [2.75, 3.05) is 0 Å². The van der Waals surface area contributed by atoms with E-state index in [4.69, 9.17) is 4.42 Å². The number of hydrogen-bond donors (Lipinski definition) is 1. The molecule has 6 heteroatoms. The largest absolute Gasteiger partial charge is 0.481 e. The van der Waals surface area contributed by atoms with Crippen molar-refractivity contribution in [3.8, 4) is 0 Å². The molecule has 0 radical (unpaired) electrons. The number of para-hydroxylation sites is 2. The zero-order valence-electron chi connectivity index (χ0n) is 13.3. The molecule has 0 aliphatic heterocycles. The number of aryl methyl sites for hydroxylation is 1. The van der Waals surface area contributed by atoms with Crippen LogP contribution in [-0.4, -0.2) is 25.8 Å². The topological polar surface area (TPSA) is 81.2 Å². The Morgan fingerprint density at radius 1 is 1.42 bits per heavy atom. The normalized spacial score (nSPS) is 15.1. The smallest absolute Gasteiger partial charge is 0.308 e. The van der Waals surface area contributed by atoms with Gasteiger partial charge < -0.3 is 9.52 Å². The molecule has 0 amide bonds. The highest BCUT2D eigenvalue weighted by Gasteiger charge is 2.28. The molecule has 0 spiro atoms. The Hall–Kier alpha value is -2.89. The van der Waals surface area contributed by atoms with Crippen LogP contribution in [0.5, 0.6) is 0 Å². The molecule has 24 heavy (non-hydrogen) atoms. The summed E-state index contributed by atoms with van der Waals surface area (Å²) >= 11 is 0. The van der Waals surface area contributed by atoms with Gasteiger partial charge in [0.15, 0.2) is 5.58 Å². The molecule has 3 aromatic rings. The summed E-state index contributed by atoms with van der Waals surface area (Å²) < 4.78 is 7.54. The van der Waals surface area contributed by atoms with E-state index >= 15 is 0 Å². The van der Waals surface area contributed by atoms with E-state index in [-0.39, 0.29) is 6.42 Å². The highest BCUT2D eigenvalue weighted by atomic mass is 16.4. The van der Waals surface area contributed by atoms with Crippen LogP contribution in [0.2, 0.25) is 0 Å². The molecule has 122 valence electrons. The Morgan fingerprint density at radius 2 is 2.21 bits per heavy atom. The highest BCUT2D eigenvalue weighted by molar-refractivity contribution is 5.91. The van der Waals surface area contributed by atoms with Gasteiger partial charge in [-0.05, 0) is 37.0 Å². The maximum Gasteiger partial charge on any atom is 0.308 e. The number of fused-ring (bicyclic) bond motifs is 1. The molecule has 0 unspecified atom stereocenters. The second kappa shape index (κ2) is 5.63. The minimum Gasteiger partial charge on any atom is -0.481 e. The van der Waals surface area contributed by atoms with Gasteiger partial charge in [-0.3, -0.25) is 9.48 Å². The van der Waals surface area contributed by atoms with Gasteiger partial charge in [-0.25, -0.2) is 4.98 Å². The minimum absolute atomic E-state index is 0.151. The number of benzene rings is 1. The van der Waals surface area contributed by atoms with Crippen molar-refractivity contribution in [2.24, 2.45) is 7.05 Å². The average Bonchev–Trinajstić information content (AvgIpc) is 3.19. The molecule has 1 aliphatic carbocycles. The lowest BCUT2D eigenvalue weighted by atomic mass is 10.1. The molecule has 0 atom stereocenters. The molecule has 0 saturated heterocycles. The first-order valence-electron chi connectivity index (χ1n) is 7.92. The maximum atomic E-state index is 11.3. The van der Waals surface area contributed by atoms with Crippen LogP contribution in [0.3, 0.4) is 0 Å². The van der Waals surface area contributed by atoms with Crippen LogP contribution in [0.25, 0.3) is 22.7 Å². The summed E-state index contributed by atoms with van der Waals surface area (Å²) in [6.45, 7) is 0. The summed E-state index contributed by atoms with van der Waals surface area (Å²) in [4.78, 5) is 15.7. The zero-order valence-corrected chi connectivity index (χ0v) is 13.3. The molecule has 2 heterocycles. The molecule has 0 bridgehead atoms. The third-order valence-corrected chi connectivity index (χ3v) is 4.25. The fraction of sp³-hybridized carbons (Fsp3) is 0.278. The van der Waals surface area contributed by atoms with E-state index in [9.17, 15) is 9.90 Å². The van der Waals surface area contributed by atoms with Crippen LogP contribution in [0.15, 0.2) is 34.9 Å². The SMILES string of the molecule is Cn1ncc(C2CC2)c1C=C(CC(=O)O)c1nc2ccccc2o1. The van der Waals surface area contributed by atoms with E-state index in [1.165, 1.54) is 0 Å². The summed E-state index contributed by atoms with van der Waals surface area (Å²) in [5.74, 6) is -0.0418. The Kier molecular flexibility index (Phi) is 3.45. The number of carbonyl (C=O) groups is 1. The van der Waals surface area contributed by atoms with E-state index in [2.05, 4.69) is 10.1 Å². The number of oxazole rings is 1. The van der Waals surface area contributed by atoms with Crippen LogP contribution in [-0.2, 0) is 11.8 Å². The van der Waals surface area contributed by atoms with E-state index in [0.29, 0.717) is 23.0 Å². The lowest BCUT2D eigenvalue weighted by Gasteiger charge is -2.04. The van der Waals surface area contributed by atoms with E-state index < -0.39 is 5.97 Å². The third-order valence-electron chi connectivity index (χ3n) is 4.25. The monoisotopic (exact) mass is 323 g/mol. The molecule has 4 rings (SSSR count). The standard InChI is InChI=1S/C18H17N3O3/c1-21-15(13(10-19-21)11-6-7-11)8-12(9-17(22)23)18-20-14-4-2-3-5-16(14)24-18/h2-5,8,10-11H,6-7,9H2,1H3,(H,22,23). The predicted octanol–water partition coefficient (Wildman–Crippen LogP) is 3.45. The van der Waals surface area contributed by atoms with Crippen molar-refractivity contribution in [3.05, 3.63) is 47.6 Å². The van der Waals surface area contributed by atoms with Crippen molar-refractivity contribution >= 4 is 28.7 Å². The summed E-state index contributed by atoms with van der Waals surface area (Å²) in [5, 5.41) is 13.6. The molecule has 1 N–H and O–H groups in total. The van der Waals surface area contributed by atoms with Gasteiger partial charge in [-0.2, -0.15) is 5.10 Å². The summed E-state index contributed by atoms with van der Waals surface area (Å²) in [6, 6.07) is 7.41. The quantitative estimate of drug-likeness (QED) is 0.777. The van der Waals surface area contributed by atoms with Crippen LogP contribution in [0.4, 0.5) is 0 Å². The zero-order chi connectivity index (χ0) is 16.7. The second-order valence-electron chi connectivity index (χ2n) is 6.11. The lowest BCUT2D eigenvalue weighted by Crippen LogP contribution is -2.00. The van der Waals surface area contributed by atoms with Gasteiger partial charge in [-0.15, -0.1) is 0 Å². The first kappa shape index (κ1) is 14.7. The molecular weight excluding hydrogens is 306 g/mol. The summed E-state index contributed by atoms with van der Waals surface area (Å²) in [5.41, 5.74) is 4.00.